The van der Waals surface area contributed by atoms with Crippen LogP contribution in [0.2, 0.25) is 0 Å². The van der Waals surface area contributed by atoms with Gasteiger partial charge in [-0.2, -0.15) is 0 Å². The number of carbonyl (C=O) groups excluding carboxylic acids is 1. The van der Waals surface area contributed by atoms with E-state index in [2.05, 4.69) is 83.4 Å². The number of hydrogen-bond acceptors (Lipinski definition) is 5. The highest BCUT2D eigenvalue weighted by atomic mass is 35.5. The molecule has 4 aromatic carbocycles. The van der Waals surface area contributed by atoms with Gasteiger partial charge in [-0.05, 0) is 110 Å². The van der Waals surface area contributed by atoms with Crippen LogP contribution in [0.4, 0.5) is 4.39 Å². The topological polar surface area (TPSA) is 85.6 Å². The van der Waals surface area contributed by atoms with E-state index in [1.807, 2.05) is 0 Å². The Morgan fingerprint density at radius 1 is 0.827 bits per heavy atom. The minimum absolute atomic E-state index is 0. The number of carbonyl (C=O) groups is 1. The lowest BCUT2D eigenvalue weighted by molar-refractivity contribution is -0.121. The predicted molar refractivity (Wildman–Crippen MR) is 215 cm³/mol. The molecule has 5 rings (SSSR count). The number of amides is 1. The van der Waals surface area contributed by atoms with Gasteiger partial charge in [0.25, 0.3) is 0 Å². The van der Waals surface area contributed by atoms with Crippen LogP contribution in [0.1, 0.15) is 85.6 Å². The van der Waals surface area contributed by atoms with Crippen LogP contribution in [0.15, 0.2) is 97.1 Å². The normalized spacial score (nSPS) is 15.1. The fourth-order valence-corrected chi connectivity index (χ4v) is 7.94. The molecule has 0 radical (unpaired) electrons. The highest BCUT2D eigenvalue weighted by Crippen LogP contribution is 2.46. The van der Waals surface area contributed by atoms with Crippen molar-refractivity contribution in [2.45, 2.75) is 81.6 Å². The third kappa shape index (κ3) is 10.7. The molecule has 1 aliphatic rings. The van der Waals surface area contributed by atoms with Gasteiger partial charge in [0.2, 0.25) is 5.91 Å². The molecule has 4 N–H and O–H groups in total. The molecule has 6 nitrogen and oxygen atoms in total. The quantitative estimate of drug-likeness (QED) is 0.0834. The van der Waals surface area contributed by atoms with Gasteiger partial charge in [0.15, 0.2) is 11.5 Å². The number of nitrogens with two attached hydrogens (primary N) is 1. The monoisotopic (exact) mass is 751 g/mol. The first kappa shape index (κ1) is 42.8. The molecule has 9 heteroatoms. The maximum atomic E-state index is 13.3. The third-order valence-corrected chi connectivity index (χ3v) is 10.6. The molecule has 0 aromatic heterocycles. The van der Waals surface area contributed by atoms with E-state index in [0.717, 1.165) is 81.4 Å². The number of benzene rings is 4. The standard InChI is InChI=1S/C43H54FN3O3.2ClH/c1-49-39-31-34-23-30-47-43(26-9-10-28-45,38(34)32-40(39)50-2)27-11-24-42(35-13-5-3-6-14-35,36-15-7-4-8-16-36)25-12-29-46-41(48)22-19-33-17-20-37(44)21-18-33;;/h3-8,13-18,20-21,31-32,47H,9-12,19,22-30,45H2,1-2H3,(H,46,48);2*1H. The zero-order chi connectivity index (χ0) is 35.2. The summed E-state index contributed by atoms with van der Waals surface area (Å²) in [6.07, 6.45) is 9.61. The second-order valence-electron chi connectivity index (χ2n) is 13.6. The molecule has 0 spiro atoms. The number of nitrogens with one attached hydrogen (secondary N) is 2. The summed E-state index contributed by atoms with van der Waals surface area (Å²) in [5, 5.41) is 7.15. The summed E-state index contributed by atoms with van der Waals surface area (Å²) in [5.41, 5.74) is 11.8. The van der Waals surface area contributed by atoms with Gasteiger partial charge < -0.3 is 25.8 Å². The van der Waals surface area contributed by atoms with E-state index in [1.165, 1.54) is 34.4 Å². The van der Waals surface area contributed by atoms with Crippen LogP contribution in [0.5, 0.6) is 11.5 Å². The van der Waals surface area contributed by atoms with Gasteiger partial charge in [0.1, 0.15) is 5.82 Å². The average Bonchev–Trinajstić information content (AvgIpc) is 3.16. The molecule has 0 fully saturated rings. The van der Waals surface area contributed by atoms with E-state index < -0.39 is 0 Å². The van der Waals surface area contributed by atoms with E-state index in [4.69, 9.17) is 15.2 Å². The lowest BCUT2D eigenvalue weighted by Crippen LogP contribution is -2.47. The molecular formula is C43H56Cl2FN3O3. The fraction of sp³-hybridized carbons (Fsp3) is 0.419. The first-order chi connectivity index (χ1) is 24.4. The van der Waals surface area contributed by atoms with Crippen molar-refractivity contribution < 1.29 is 18.7 Å². The Morgan fingerprint density at radius 2 is 1.42 bits per heavy atom. The van der Waals surface area contributed by atoms with Gasteiger partial charge in [-0.3, -0.25) is 4.79 Å². The molecule has 1 unspecified atom stereocenters. The molecule has 4 aromatic rings. The van der Waals surface area contributed by atoms with Crippen molar-refractivity contribution >= 4 is 30.7 Å². The second kappa shape index (κ2) is 21.2. The average molecular weight is 753 g/mol. The van der Waals surface area contributed by atoms with Crippen molar-refractivity contribution in [3.05, 3.63) is 131 Å². The van der Waals surface area contributed by atoms with Crippen molar-refractivity contribution in [2.75, 3.05) is 33.9 Å². The Morgan fingerprint density at radius 3 is 2.04 bits per heavy atom. The molecule has 1 atom stereocenters. The van der Waals surface area contributed by atoms with Crippen LogP contribution >= 0.6 is 24.8 Å². The molecule has 0 saturated carbocycles. The Balaban J connectivity index is 0.00000364. The summed E-state index contributed by atoms with van der Waals surface area (Å²) in [4.78, 5) is 12.8. The Hall–Kier alpha value is -3.62. The van der Waals surface area contributed by atoms with Gasteiger partial charge >= 0.3 is 0 Å². The second-order valence-corrected chi connectivity index (χ2v) is 13.6. The summed E-state index contributed by atoms with van der Waals surface area (Å²) in [5.74, 6) is 1.30. The van der Waals surface area contributed by atoms with Crippen LogP contribution in [-0.2, 0) is 28.6 Å². The SMILES string of the molecule is COc1cc2c(cc1OC)C(CCCCN)(CCCC(CCCNC(=O)CCc1ccc(F)cc1)(c1ccccc1)c1ccccc1)NCC2.Cl.Cl. The van der Waals surface area contributed by atoms with Crippen molar-refractivity contribution in [1.29, 1.82) is 0 Å². The number of rotatable bonds is 19. The highest BCUT2D eigenvalue weighted by molar-refractivity contribution is 5.85. The van der Waals surface area contributed by atoms with Crippen LogP contribution in [0, 0.1) is 5.82 Å². The van der Waals surface area contributed by atoms with Crippen LogP contribution in [0.3, 0.4) is 0 Å². The fourth-order valence-electron chi connectivity index (χ4n) is 7.94. The number of halogens is 3. The van der Waals surface area contributed by atoms with E-state index in [9.17, 15) is 9.18 Å². The smallest absolute Gasteiger partial charge is 0.220 e. The number of unbranched alkanes of at least 4 members (excludes halogenated alkanes) is 1. The lowest BCUT2D eigenvalue weighted by Gasteiger charge is -2.43. The first-order valence-electron chi connectivity index (χ1n) is 18.3. The van der Waals surface area contributed by atoms with Gasteiger partial charge in [-0.15, -0.1) is 24.8 Å². The molecular weight excluding hydrogens is 696 g/mol. The Kier molecular flexibility index (Phi) is 17.4. The molecule has 52 heavy (non-hydrogen) atoms. The number of ether oxygens (including phenoxy) is 2. The maximum absolute atomic E-state index is 13.3. The molecule has 1 aliphatic heterocycles. The minimum atomic E-state index is -0.263. The zero-order valence-electron chi connectivity index (χ0n) is 30.6. The molecule has 0 saturated heterocycles. The van der Waals surface area contributed by atoms with Crippen LogP contribution in [-0.4, -0.2) is 39.8 Å². The molecule has 1 amide bonds. The lowest BCUT2D eigenvalue weighted by atomic mass is 9.67. The molecule has 1 heterocycles. The third-order valence-electron chi connectivity index (χ3n) is 10.6. The number of methoxy groups -OCH3 is 2. The van der Waals surface area contributed by atoms with Crippen LogP contribution in [0.25, 0.3) is 0 Å². The summed E-state index contributed by atoms with van der Waals surface area (Å²) >= 11 is 0. The van der Waals surface area contributed by atoms with Gasteiger partial charge in [0.05, 0.1) is 14.2 Å². The summed E-state index contributed by atoms with van der Waals surface area (Å²) in [6, 6.07) is 32.5. The number of hydrogen-bond donors (Lipinski definition) is 3. The van der Waals surface area contributed by atoms with Gasteiger partial charge in [-0.1, -0.05) is 85.6 Å². The highest BCUT2D eigenvalue weighted by Gasteiger charge is 2.39. The van der Waals surface area contributed by atoms with E-state index >= 15 is 0 Å². The van der Waals surface area contributed by atoms with Crippen molar-refractivity contribution in [1.82, 2.24) is 10.6 Å². The predicted octanol–water partition coefficient (Wildman–Crippen LogP) is 8.84. The van der Waals surface area contributed by atoms with Crippen molar-refractivity contribution in [3.63, 3.8) is 0 Å². The Bertz CT molecular complexity index is 1600. The number of fused-ring (bicyclic) bond motifs is 1. The molecule has 0 aliphatic carbocycles. The molecule has 282 valence electrons. The number of aryl methyl sites for hydroxylation is 1. The van der Waals surface area contributed by atoms with Gasteiger partial charge in [-0.25, -0.2) is 4.39 Å². The minimum Gasteiger partial charge on any atom is -0.493 e. The van der Waals surface area contributed by atoms with Gasteiger partial charge in [0, 0.05) is 30.5 Å². The Labute approximate surface area is 322 Å². The molecule has 0 bridgehead atoms. The summed E-state index contributed by atoms with van der Waals surface area (Å²) in [7, 11) is 3.41. The van der Waals surface area contributed by atoms with Crippen LogP contribution < -0.4 is 25.8 Å². The first-order valence-corrected chi connectivity index (χ1v) is 18.3. The van der Waals surface area contributed by atoms with E-state index in [-0.39, 0.29) is 47.5 Å². The van der Waals surface area contributed by atoms with E-state index in [0.29, 0.717) is 25.9 Å². The van der Waals surface area contributed by atoms with Crippen molar-refractivity contribution in [3.8, 4) is 11.5 Å². The summed E-state index contributed by atoms with van der Waals surface area (Å²) in [6.45, 7) is 2.19. The zero-order valence-corrected chi connectivity index (χ0v) is 32.3. The summed E-state index contributed by atoms with van der Waals surface area (Å²) < 4.78 is 24.8. The largest absolute Gasteiger partial charge is 0.493 e. The van der Waals surface area contributed by atoms with E-state index in [1.54, 1.807) is 26.4 Å². The van der Waals surface area contributed by atoms with Crippen molar-refractivity contribution in [2.24, 2.45) is 5.73 Å². The maximum Gasteiger partial charge on any atom is 0.220 e.